The highest BCUT2D eigenvalue weighted by molar-refractivity contribution is 7.13. The molecule has 1 fully saturated rings. The van der Waals surface area contributed by atoms with Gasteiger partial charge in [-0.25, -0.2) is 0 Å². The molecule has 3 heterocycles. The van der Waals surface area contributed by atoms with Gasteiger partial charge in [-0.1, -0.05) is 22.7 Å². The van der Waals surface area contributed by atoms with Gasteiger partial charge < -0.3 is 4.74 Å². The number of piperidine rings is 1. The van der Waals surface area contributed by atoms with Crippen molar-refractivity contribution in [3.05, 3.63) is 65.4 Å². The first-order valence-electron chi connectivity index (χ1n) is 9.47. The minimum atomic E-state index is -0.483. The van der Waals surface area contributed by atoms with Crippen molar-refractivity contribution in [2.45, 2.75) is 12.8 Å². The fourth-order valence-corrected chi connectivity index (χ4v) is 4.61. The molecule has 2 aromatic rings. The minimum absolute atomic E-state index is 0. The van der Waals surface area contributed by atoms with E-state index in [1.165, 1.54) is 19.2 Å². The van der Waals surface area contributed by atoms with Crippen LogP contribution in [0.1, 0.15) is 24.0 Å². The molecule has 1 aliphatic heterocycles. The first-order valence-corrected chi connectivity index (χ1v) is 11.2. The fraction of sp³-hybridized carbons (Fsp3) is 0.300. The lowest BCUT2D eigenvalue weighted by molar-refractivity contribution is -0.380. The third-order valence-corrected chi connectivity index (χ3v) is 6.50. The van der Waals surface area contributed by atoms with Crippen LogP contribution in [0.2, 0.25) is 0 Å². The van der Waals surface area contributed by atoms with E-state index in [0.717, 1.165) is 22.7 Å². The van der Waals surface area contributed by atoms with Crippen LogP contribution in [-0.4, -0.2) is 53.2 Å². The van der Waals surface area contributed by atoms with Gasteiger partial charge in [-0.3, -0.25) is 34.7 Å². The Labute approximate surface area is 202 Å². The molecule has 3 rings (SSSR count). The van der Waals surface area contributed by atoms with E-state index < -0.39 is 9.85 Å². The van der Waals surface area contributed by atoms with Crippen molar-refractivity contribution in [2.24, 2.45) is 0 Å². The Kier molecular flexibility index (Phi) is 9.41. The van der Waals surface area contributed by atoms with Gasteiger partial charge in [0, 0.05) is 53.5 Å². The van der Waals surface area contributed by atoms with E-state index >= 15 is 0 Å². The molecular formula is C20H20ClN3O7S2. The molecule has 13 heteroatoms. The predicted octanol–water partition coefficient (Wildman–Crippen LogP) is 4.35. The van der Waals surface area contributed by atoms with Gasteiger partial charge in [-0.15, -0.1) is 12.4 Å². The molecule has 2 aromatic heterocycles. The molecule has 33 heavy (non-hydrogen) atoms. The lowest BCUT2D eigenvalue weighted by atomic mass is 9.95. The largest absolute Gasteiger partial charge is 0.469 e. The molecule has 0 amide bonds. The van der Waals surface area contributed by atoms with Gasteiger partial charge in [-0.05, 0) is 36.2 Å². The Hall–Kier alpha value is -2.93. The number of nitro groups is 2. The van der Waals surface area contributed by atoms with Crippen LogP contribution in [0.25, 0.3) is 12.2 Å². The van der Waals surface area contributed by atoms with Gasteiger partial charge in [0.05, 0.1) is 17.0 Å². The topological polar surface area (TPSA) is 133 Å². The Balaban J connectivity index is 0.00000385. The van der Waals surface area contributed by atoms with Crippen molar-refractivity contribution in [1.82, 2.24) is 4.90 Å². The standard InChI is InChI=1S/C20H19N3O7S2.ClH/c1-30-19(24)3-2-4-21-9-15(5-13-7-17(22(26)27)31-11-13)20(25)16(10-21)6-14-8-18(23(28)29)32-12-14;/h5-8,11-12H,2-4,9-10H2,1H3;1H/b15-5-,16-6+;. The maximum absolute atomic E-state index is 13.1. The Bertz CT molecular complexity index is 1050. The Morgan fingerprint density at radius 1 is 1.06 bits per heavy atom. The van der Waals surface area contributed by atoms with Crippen LogP contribution >= 0.6 is 35.1 Å². The summed E-state index contributed by atoms with van der Waals surface area (Å²) in [5, 5.41) is 25.1. The lowest BCUT2D eigenvalue weighted by Gasteiger charge is -2.29. The first-order chi connectivity index (χ1) is 15.3. The lowest BCUT2D eigenvalue weighted by Crippen LogP contribution is -2.38. The third kappa shape index (κ3) is 7.02. The molecule has 0 unspecified atom stereocenters. The summed E-state index contributed by atoms with van der Waals surface area (Å²) in [6, 6.07) is 2.82. The molecule has 0 N–H and O–H groups in total. The quantitative estimate of drug-likeness (QED) is 0.220. The summed E-state index contributed by atoms with van der Waals surface area (Å²) in [6.07, 6.45) is 4.03. The molecule has 10 nitrogen and oxygen atoms in total. The number of thiophene rings is 2. The Morgan fingerprint density at radius 3 is 1.94 bits per heavy atom. The fourth-order valence-electron chi connectivity index (χ4n) is 3.24. The van der Waals surface area contributed by atoms with Gasteiger partial charge in [0.2, 0.25) is 0 Å². The van der Waals surface area contributed by atoms with Crippen molar-refractivity contribution in [2.75, 3.05) is 26.7 Å². The summed E-state index contributed by atoms with van der Waals surface area (Å²) in [5.74, 6) is -0.530. The maximum Gasteiger partial charge on any atom is 0.324 e. The molecule has 0 bridgehead atoms. The van der Waals surface area contributed by atoms with Crippen LogP contribution in [0.5, 0.6) is 0 Å². The monoisotopic (exact) mass is 513 g/mol. The van der Waals surface area contributed by atoms with Crippen molar-refractivity contribution in [3.63, 3.8) is 0 Å². The second-order valence-corrected chi connectivity index (χ2v) is 8.79. The number of rotatable bonds is 8. The van der Waals surface area contributed by atoms with Gasteiger partial charge in [0.1, 0.15) is 0 Å². The number of hydrogen-bond acceptors (Lipinski definition) is 10. The van der Waals surface area contributed by atoms with Crippen LogP contribution in [0, 0.1) is 20.2 Å². The van der Waals surface area contributed by atoms with Crippen LogP contribution < -0.4 is 0 Å². The van der Waals surface area contributed by atoms with Crippen LogP contribution in [0.3, 0.4) is 0 Å². The highest BCUT2D eigenvalue weighted by Gasteiger charge is 2.27. The number of Topliss-reactive ketones (excluding diaryl/α,β-unsaturated/α-hetero) is 1. The molecule has 176 valence electrons. The van der Waals surface area contributed by atoms with E-state index in [1.807, 2.05) is 4.90 Å². The number of likely N-dealkylation sites (tertiary alicyclic amines) is 1. The number of carbonyl (C=O) groups is 2. The number of carbonyl (C=O) groups excluding carboxylic acids is 2. The molecule has 0 aromatic carbocycles. The second-order valence-electron chi connectivity index (χ2n) is 7.01. The summed E-state index contributed by atoms with van der Waals surface area (Å²) < 4.78 is 4.66. The first kappa shape index (κ1) is 26.3. The molecule has 0 aliphatic carbocycles. The molecular weight excluding hydrogens is 494 g/mol. The maximum atomic E-state index is 13.1. The van der Waals surface area contributed by atoms with Crippen molar-refractivity contribution >= 4 is 69.0 Å². The zero-order chi connectivity index (χ0) is 23.3. The molecule has 0 radical (unpaired) electrons. The number of hydrogen-bond donors (Lipinski definition) is 0. The number of ether oxygens (including phenoxy) is 1. The smallest absolute Gasteiger partial charge is 0.324 e. The van der Waals surface area contributed by atoms with Crippen molar-refractivity contribution in [3.8, 4) is 0 Å². The normalized spacial score (nSPS) is 16.6. The Morgan fingerprint density at radius 2 is 1.55 bits per heavy atom. The third-order valence-electron chi connectivity index (χ3n) is 4.71. The van der Waals surface area contributed by atoms with Gasteiger partial charge in [0.15, 0.2) is 5.78 Å². The van der Waals surface area contributed by atoms with Gasteiger partial charge in [0.25, 0.3) is 0 Å². The summed E-state index contributed by atoms with van der Waals surface area (Å²) >= 11 is 1.96. The summed E-state index contributed by atoms with van der Waals surface area (Å²) in [6.45, 7) is 1.18. The van der Waals surface area contributed by atoms with E-state index in [1.54, 1.807) is 22.9 Å². The minimum Gasteiger partial charge on any atom is -0.469 e. The number of esters is 1. The molecule has 0 atom stereocenters. The predicted molar refractivity (Wildman–Crippen MR) is 128 cm³/mol. The number of methoxy groups -OCH3 is 1. The van der Waals surface area contributed by atoms with E-state index in [-0.39, 0.29) is 40.6 Å². The summed E-state index contributed by atoms with van der Waals surface area (Å²) in [4.78, 5) is 47.4. The number of nitrogens with zero attached hydrogens (tertiary/aromatic N) is 3. The summed E-state index contributed by atoms with van der Waals surface area (Å²) in [7, 11) is 1.32. The highest BCUT2D eigenvalue weighted by atomic mass is 35.5. The molecule has 1 aliphatic rings. The zero-order valence-corrected chi connectivity index (χ0v) is 19.9. The molecule has 0 saturated carbocycles. The van der Waals surface area contributed by atoms with Gasteiger partial charge in [-0.2, -0.15) is 0 Å². The second kappa shape index (κ2) is 11.8. The number of ketones is 1. The van der Waals surface area contributed by atoms with Crippen LogP contribution in [0.4, 0.5) is 10.0 Å². The zero-order valence-electron chi connectivity index (χ0n) is 17.4. The van der Waals surface area contributed by atoms with E-state index in [2.05, 4.69) is 4.74 Å². The van der Waals surface area contributed by atoms with E-state index in [0.29, 0.717) is 48.3 Å². The van der Waals surface area contributed by atoms with Crippen LogP contribution in [0.15, 0.2) is 34.0 Å². The SMILES string of the molecule is COC(=O)CCCN1C/C(=C/c2csc([N+](=O)[O-])c2)C(=O)/C(=C/c2csc([N+](=O)[O-])c2)C1.Cl. The molecule has 0 spiro atoms. The highest BCUT2D eigenvalue weighted by Crippen LogP contribution is 2.29. The average Bonchev–Trinajstić information content (AvgIpc) is 3.41. The average molecular weight is 514 g/mol. The summed E-state index contributed by atoms with van der Waals surface area (Å²) in [5.41, 5.74) is 2.04. The van der Waals surface area contributed by atoms with E-state index in [9.17, 15) is 29.8 Å². The van der Waals surface area contributed by atoms with Crippen LogP contribution in [-0.2, 0) is 14.3 Å². The van der Waals surface area contributed by atoms with Crippen molar-refractivity contribution in [1.29, 1.82) is 0 Å². The van der Waals surface area contributed by atoms with Gasteiger partial charge >= 0.3 is 16.0 Å². The number of halogens is 1. The van der Waals surface area contributed by atoms with Crippen molar-refractivity contribution < 1.29 is 24.2 Å². The van der Waals surface area contributed by atoms with E-state index in [4.69, 9.17) is 0 Å². The molecule has 1 saturated heterocycles.